The number of rotatable bonds is 8. The van der Waals surface area contributed by atoms with Crippen molar-refractivity contribution in [2.75, 3.05) is 11.9 Å². The van der Waals surface area contributed by atoms with Gasteiger partial charge >= 0.3 is 6.18 Å². The van der Waals surface area contributed by atoms with E-state index in [1.54, 1.807) is 17.0 Å². The Morgan fingerprint density at radius 1 is 1.18 bits per heavy atom. The lowest BCUT2D eigenvalue weighted by Crippen LogP contribution is -2.43. The number of alkyl halides is 3. The molecule has 3 aromatic rings. The Labute approximate surface area is 229 Å². The van der Waals surface area contributed by atoms with E-state index < -0.39 is 41.0 Å². The molecule has 2 heterocycles. The molecule has 216 valence electrons. The number of carbonyl (C=O) groups is 1. The number of aryl methyl sites for hydroxylation is 1. The highest BCUT2D eigenvalue weighted by molar-refractivity contribution is 6.04. The van der Waals surface area contributed by atoms with Crippen LogP contribution in [-0.2, 0) is 25.6 Å². The van der Waals surface area contributed by atoms with Gasteiger partial charge in [-0.25, -0.2) is 4.39 Å². The molecule has 0 aliphatic heterocycles. The molecule has 12 heteroatoms. The predicted octanol–water partition coefficient (Wildman–Crippen LogP) is 4.78. The van der Waals surface area contributed by atoms with Crippen LogP contribution in [0, 0.1) is 17.2 Å². The summed E-state index contributed by atoms with van der Waals surface area (Å²) in [7, 11) is 1.82. The molecule has 0 atom stereocenters. The number of hydrogen-bond donors (Lipinski definition) is 2. The van der Waals surface area contributed by atoms with E-state index in [1.807, 2.05) is 27.8 Å². The third-order valence-electron chi connectivity index (χ3n) is 7.02. The largest absolute Gasteiger partial charge is 0.406 e. The number of hydrogen-bond acceptors (Lipinski definition) is 5. The van der Waals surface area contributed by atoms with E-state index in [-0.39, 0.29) is 17.6 Å². The van der Waals surface area contributed by atoms with Gasteiger partial charge in [0.1, 0.15) is 30.1 Å². The summed E-state index contributed by atoms with van der Waals surface area (Å²) in [5.41, 5.74) is -1.40. The molecule has 1 fully saturated rings. The van der Waals surface area contributed by atoms with Gasteiger partial charge < -0.3 is 19.8 Å². The Hall–Kier alpha value is -3.54. The molecular weight excluding hydrogens is 528 g/mol. The van der Waals surface area contributed by atoms with Crippen LogP contribution >= 0.6 is 0 Å². The van der Waals surface area contributed by atoms with E-state index in [9.17, 15) is 27.2 Å². The molecule has 1 aromatic carbocycles. The standard InChI is InChI=1S/C28H34F4N6O2/c1-17-10-27(11-17,25-36-34-16-37(25)5)19-6-7-21(29)22(9-19)35-23(39)20-8-18(12-33-14-26(2,3)4)13-38(24(20)40)15-28(30,31)32/h6-9,13,16-17,33H,10-12,14-15H2,1-5H3,(H,35,39). The van der Waals surface area contributed by atoms with Gasteiger partial charge in [0, 0.05) is 26.3 Å². The first-order valence-corrected chi connectivity index (χ1v) is 13.0. The van der Waals surface area contributed by atoms with Crippen LogP contribution in [0.15, 0.2) is 41.6 Å². The summed E-state index contributed by atoms with van der Waals surface area (Å²) >= 11 is 0. The lowest BCUT2D eigenvalue weighted by molar-refractivity contribution is -0.141. The van der Waals surface area contributed by atoms with Gasteiger partial charge in [0.15, 0.2) is 0 Å². The second kappa shape index (κ2) is 10.8. The number of carbonyl (C=O) groups excluding carboxylic acids is 1. The van der Waals surface area contributed by atoms with Crippen LogP contribution in [0.5, 0.6) is 0 Å². The fourth-order valence-electron chi connectivity index (χ4n) is 5.35. The first kappa shape index (κ1) is 29.4. The number of amides is 1. The third-order valence-corrected chi connectivity index (χ3v) is 7.02. The second-order valence-corrected chi connectivity index (χ2v) is 12.0. The fourth-order valence-corrected chi connectivity index (χ4v) is 5.35. The van der Waals surface area contributed by atoms with Crippen LogP contribution in [0.25, 0.3) is 0 Å². The van der Waals surface area contributed by atoms with Crippen molar-refractivity contribution in [3.05, 3.63) is 75.5 Å². The van der Waals surface area contributed by atoms with E-state index in [4.69, 9.17) is 0 Å². The highest BCUT2D eigenvalue weighted by atomic mass is 19.4. The molecule has 0 unspecified atom stereocenters. The molecule has 2 N–H and O–H groups in total. The number of aromatic nitrogens is 4. The van der Waals surface area contributed by atoms with Crippen molar-refractivity contribution in [3.63, 3.8) is 0 Å². The lowest BCUT2D eigenvalue weighted by atomic mass is 9.58. The fraction of sp³-hybridized carbons (Fsp3) is 0.500. The minimum absolute atomic E-state index is 0.0935. The maximum absolute atomic E-state index is 14.9. The third kappa shape index (κ3) is 6.43. The monoisotopic (exact) mass is 562 g/mol. The average Bonchev–Trinajstić information content (AvgIpc) is 3.24. The molecule has 1 saturated carbocycles. The van der Waals surface area contributed by atoms with Gasteiger partial charge in [-0.1, -0.05) is 33.8 Å². The molecule has 1 aliphatic carbocycles. The zero-order valence-corrected chi connectivity index (χ0v) is 23.2. The van der Waals surface area contributed by atoms with Gasteiger partial charge in [-0.05, 0) is 53.5 Å². The first-order chi connectivity index (χ1) is 18.6. The molecule has 40 heavy (non-hydrogen) atoms. The quantitative estimate of drug-likeness (QED) is 0.386. The van der Waals surface area contributed by atoms with Crippen molar-refractivity contribution in [2.45, 2.75) is 65.2 Å². The summed E-state index contributed by atoms with van der Waals surface area (Å²) in [5, 5.41) is 13.8. The van der Waals surface area contributed by atoms with Gasteiger partial charge in [0.25, 0.3) is 11.5 Å². The van der Waals surface area contributed by atoms with Gasteiger partial charge in [-0.3, -0.25) is 9.59 Å². The maximum atomic E-state index is 14.9. The minimum atomic E-state index is -4.68. The zero-order valence-electron chi connectivity index (χ0n) is 23.2. The Morgan fingerprint density at radius 2 is 1.88 bits per heavy atom. The van der Waals surface area contributed by atoms with Crippen molar-refractivity contribution in [3.8, 4) is 0 Å². The summed E-state index contributed by atoms with van der Waals surface area (Å²) in [5.74, 6) is -0.637. The van der Waals surface area contributed by atoms with Crippen LogP contribution in [0.3, 0.4) is 0 Å². The molecule has 0 bridgehead atoms. The van der Waals surface area contributed by atoms with E-state index in [1.165, 1.54) is 18.2 Å². The summed E-state index contributed by atoms with van der Waals surface area (Å²) < 4.78 is 56.9. The lowest BCUT2D eigenvalue weighted by Gasteiger charge is -2.46. The second-order valence-electron chi connectivity index (χ2n) is 12.0. The van der Waals surface area contributed by atoms with Crippen LogP contribution in [0.4, 0.5) is 23.2 Å². The number of anilines is 1. The summed E-state index contributed by atoms with van der Waals surface area (Å²) in [6.07, 6.45) is -0.522. The van der Waals surface area contributed by atoms with Crippen molar-refractivity contribution in [1.82, 2.24) is 24.6 Å². The number of nitrogens with one attached hydrogen (secondary N) is 2. The molecule has 0 radical (unpaired) electrons. The zero-order chi connectivity index (χ0) is 29.5. The number of pyridine rings is 1. The first-order valence-electron chi connectivity index (χ1n) is 13.0. The Morgan fingerprint density at radius 3 is 2.45 bits per heavy atom. The molecule has 0 spiro atoms. The van der Waals surface area contributed by atoms with Crippen molar-refractivity contribution in [2.24, 2.45) is 18.4 Å². The van der Waals surface area contributed by atoms with Gasteiger partial charge in [0.2, 0.25) is 0 Å². The molecule has 1 amide bonds. The van der Waals surface area contributed by atoms with Gasteiger partial charge in [0.05, 0.1) is 11.1 Å². The van der Waals surface area contributed by atoms with Crippen molar-refractivity contribution < 1.29 is 22.4 Å². The summed E-state index contributed by atoms with van der Waals surface area (Å²) in [6.45, 7) is 7.20. The molecule has 2 aromatic heterocycles. The van der Waals surface area contributed by atoms with Crippen LogP contribution in [0.1, 0.15) is 67.8 Å². The van der Waals surface area contributed by atoms with Gasteiger partial charge in [-0.2, -0.15) is 13.2 Å². The molecule has 8 nitrogen and oxygen atoms in total. The number of halogens is 4. The normalized spacial score (nSPS) is 19.4. The topological polar surface area (TPSA) is 93.8 Å². The van der Waals surface area contributed by atoms with Crippen LogP contribution in [0.2, 0.25) is 0 Å². The molecule has 0 saturated heterocycles. The number of benzene rings is 1. The summed E-state index contributed by atoms with van der Waals surface area (Å²) in [6, 6.07) is 5.59. The van der Waals surface area contributed by atoms with E-state index in [0.717, 1.165) is 19.0 Å². The average molecular weight is 563 g/mol. The van der Waals surface area contributed by atoms with E-state index in [0.29, 0.717) is 34.0 Å². The van der Waals surface area contributed by atoms with Crippen LogP contribution < -0.4 is 16.2 Å². The van der Waals surface area contributed by atoms with Crippen LogP contribution in [-0.4, -0.2) is 38.0 Å². The molecule has 4 rings (SSSR count). The van der Waals surface area contributed by atoms with Crippen molar-refractivity contribution >= 4 is 11.6 Å². The maximum Gasteiger partial charge on any atom is 0.406 e. The Kier molecular flexibility index (Phi) is 7.94. The highest BCUT2D eigenvalue weighted by Gasteiger charge is 2.48. The highest BCUT2D eigenvalue weighted by Crippen LogP contribution is 2.51. The number of nitrogens with zero attached hydrogens (tertiary/aromatic N) is 4. The SMILES string of the molecule is CC1CC(c2ccc(F)c(NC(=O)c3cc(CNCC(C)(C)C)cn(CC(F)(F)F)c3=O)c2)(c2nncn2C)C1. The Balaban J connectivity index is 1.67. The van der Waals surface area contributed by atoms with E-state index in [2.05, 4.69) is 27.8 Å². The Bertz CT molecular complexity index is 1450. The molecular formula is C28H34F4N6O2. The predicted molar refractivity (Wildman–Crippen MR) is 142 cm³/mol. The smallest absolute Gasteiger partial charge is 0.320 e. The summed E-state index contributed by atoms with van der Waals surface area (Å²) in [4.78, 5) is 26.2. The minimum Gasteiger partial charge on any atom is -0.320 e. The van der Waals surface area contributed by atoms with Crippen molar-refractivity contribution in [1.29, 1.82) is 0 Å². The molecule has 1 aliphatic rings. The van der Waals surface area contributed by atoms with Gasteiger partial charge in [-0.15, -0.1) is 10.2 Å². The van der Waals surface area contributed by atoms with E-state index >= 15 is 0 Å².